The summed E-state index contributed by atoms with van der Waals surface area (Å²) in [5.41, 5.74) is 0.875. The van der Waals surface area contributed by atoms with Crippen molar-refractivity contribution in [3.63, 3.8) is 0 Å². The van der Waals surface area contributed by atoms with Crippen LogP contribution in [0, 0.1) is 0 Å². The molecule has 0 fully saturated rings. The predicted molar refractivity (Wildman–Crippen MR) is 67.0 cm³/mol. The number of Topliss-reactive ketones (excluding diaryl/α,β-unsaturated/α-hetero) is 1. The van der Waals surface area contributed by atoms with Crippen LogP contribution in [-0.2, 0) is 9.53 Å². The minimum atomic E-state index is -0.602. The number of hydrogen-bond donors (Lipinski definition) is 1. The van der Waals surface area contributed by atoms with Gasteiger partial charge in [0.2, 0.25) is 0 Å². The van der Waals surface area contributed by atoms with Gasteiger partial charge in [-0.2, -0.15) is 0 Å². The number of hydrogen-bond acceptors (Lipinski definition) is 4. The monoisotopic (exact) mass is 271 g/mol. The van der Waals surface area contributed by atoms with Gasteiger partial charge < -0.3 is 10.1 Å². The van der Waals surface area contributed by atoms with Crippen molar-refractivity contribution in [1.29, 1.82) is 0 Å². The van der Waals surface area contributed by atoms with Gasteiger partial charge in [0.05, 0.1) is 22.9 Å². The summed E-state index contributed by atoms with van der Waals surface area (Å²) in [6.07, 6.45) is 0. The number of ether oxygens (including phenoxy) is 1. The zero-order chi connectivity index (χ0) is 12.4. The van der Waals surface area contributed by atoms with Gasteiger partial charge in [-0.25, -0.2) is 0 Å². The highest BCUT2D eigenvalue weighted by molar-refractivity contribution is 7.99. The van der Waals surface area contributed by atoms with Crippen LogP contribution in [-0.4, -0.2) is 31.2 Å². The van der Waals surface area contributed by atoms with Crippen LogP contribution >= 0.6 is 23.4 Å². The molecular weight excluding hydrogens is 262 g/mol. The van der Waals surface area contributed by atoms with Crippen LogP contribution < -0.4 is 5.32 Å². The minimum Gasteiger partial charge on any atom is -0.384 e. The van der Waals surface area contributed by atoms with Crippen LogP contribution in [0.1, 0.15) is 10.4 Å². The molecule has 0 saturated heterocycles. The molecule has 1 N–H and O–H groups in total. The Morgan fingerprint density at radius 3 is 2.88 bits per heavy atom. The SMILES string of the molecule is COCCSc1cc2c(cc1Cl)C(=O)C(=O)N2. The zero-order valence-electron chi connectivity index (χ0n) is 9.08. The van der Waals surface area contributed by atoms with Gasteiger partial charge in [0.15, 0.2) is 0 Å². The van der Waals surface area contributed by atoms with Crippen molar-refractivity contribution in [3.8, 4) is 0 Å². The topological polar surface area (TPSA) is 55.4 Å². The minimum absolute atomic E-state index is 0.344. The second-order valence-electron chi connectivity index (χ2n) is 3.45. The van der Waals surface area contributed by atoms with Crippen molar-refractivity contribution in [2.75, 3.05) is 24.8 Å². The molecule has 0 aromatic heterocycles. The fourth-order valence-corrected chi connectivity index (χ4v) is 2.69. The molecule has 0 aliphatic carbocycles. The van der Waals surface area contributed by atoms with Crippen molar-refractivity contribution >= 4 is 40.7 Å². The van der Waals surface area contributed by atoms with Crippen LogP contribution in [0.4, 0.5) is 5.69 Å². The van der Waals surface area contributed by atoms with E-state index in [4.69, 9.17) is 16.3 Å². The third-order valence-electron chi connectivity index (χ3n) is 2.32. The molecule has 0 atom stereocenters. The molecule has 1 heterocycles. The second-order valence-corrected chi connectivity index (χ2v) is 5.00. The molecule has 1 aliphatic rings. The summed E-state index contributed by atoms with van der Waals surface area (Å²) in [6, 6.07) is 3.26. The van der Waals surface area contributed by atoms with E-state index in [0.717, 1.165) is 10.6 Å². The molecule has 1 aromatic rings. The average Bonchev–Trinajstić information content (AvgIpc) is 2.56. The van der Waals surface area contributed by atoms with E-state index in [1.165, 1.54) is 17.8 Å². The molecule has 17 heavy (non-hydrogen) atoms. The van der Waals surface area contributed by atoms with Gasteiger partial charge >= 0.3 is 0 Å². The molecule has 0 radical (unpaired) electrons. The number of carbonyl (C=O) groups excluding carboxylic acids is 2. The van der Waals surface area contributed by atoms with Crippen LogP contribution in [0.5, 0.6) is 0 Å². The highest BCUT2D eigenvalue weighted by Crippen LogP contribution is 2.35. The van der Waals surface area contributed by atoms with Gasteiger partial charge in [-0.05, 0) is 12.1 Å². The number of carbonyl (C=O) groups is 2. The summed E-state index contributed by atoms with van der Waals surface area (Å²) in [6.45, 7) is 0.614. The number of anilines is 1. The molecule has 6 heteroatoms. The molecule has 0 bridgehead atoms. The molecule has 1 aromatic carbocycles. The lowest BCUT2D eigenvalue weighted by atomic mass is 10.1. The van der Waals surface area contributed by atoms with Gasteiger partial charge in [-0.3, -0.25) is 9.59 Å². The van der Waals surface area contributed by atoms with E-state index in [1.807, 2.05) is 0 Å². The van der Waals surface area contributed by atoms with E-state index in [1.54, 1.807) is 13.2 Å². The Balaban J connectivity index is 2.24. The van der Waals surface area contributed by atoms with Gasteiger partial charge in [0.1, 0.15) is 0 Å². The molecular formula is C11H10ClNO3S. The molecule has 0 saturated carbocycles. The molecule has 0 spiro atoms. The number of halogens is 1. The first-order valence-corrected chi connectivity index (χ1v) is 6.31. The quantitative estimate of drug-likeness (QED) is 0.518. The second kappa shape index (κ2) is 5.08. The van der Waals surface area contributed by atoms with Crippen molar-refractivity contribution < 1.29 is 14.3 Å². The highest BCUT2D eigenvalue weighted by Gasteiger charge is 2.28. The maximum absolute atomic E-state index is 11.4. The number of benzene rings is 1. The third kappa shape index (κ3) is 2.46. The summed E-state index contributed by atoms with van der Waals surface area (Å²) in [4.78, 5) is 23.4. The number of rotatable bonds is 4. The number of amides is 1. The third-order valence-corrected chi connectivity index (χ3v) is 3.76. The van der Waals surface area contributed by atoms with Gasteiger partial charge in [-0.1, -0.05) is 11.6 Å². The molecule has 1 aliphatic heterocycles. The Morgan fingerprint density at radius 1 is 1.41 bits per heavy atom. The van der Waals surface area contributed by atoms with E-state index < -0.39 is 11.7 Å². The van der Waals surface area contributed by atoms with Crippen LogP contribution in [0.15, 0.2) is 17.0 Å². The van der Waals surface area contributed by atoms with Gasteiger partial charge in [0.25, 0.3) is 11.7 Å². The van der Waals surface area contributed by atoms with Gasteiger partial charge in [0, 0.05) is 17.8 Å². The number of thioether (sulfide) groups is 1. The van der Waals surface area contributed by atoms with Crippen molar-refractivity contribution in [3.05, 3.63) is 22.7 Å². The predicted octanol–water partition coefficient (Wildman–Crippen LogP) is 2.21. The molecule has 90 valence electrons. The summed E-state index contributed by atoms with van der Waals surface area (Å²) in [5, 5.41) is 2.99. The largest absolute Gasteiger partial charge is 0.384 e. The van der Waals surface area contributed by atoms with E-state index >= 15 is 0 Å². The summed E-state index contributed by atoms with van der Waals surface area (Å²) < 4.78 is 4.94. The summed E-state index contributed by atoms with van der Waals surface area (Å²) in [5.74, 6) is -0.373. The molecule has 1 amide bonds. The highest BCUT2D eigenvalue weighted by atomic mass is 35.5. The lowest BCUT2D eigenvalue weighted by molar-refractivity contribution is -0.112. The summed E-state index contributed by atoms with van der Waals surface area (Å²) in [7, 11) is 1.63. The number of ketones is 1. The number of nitrogens with one attached hydrogen (secondary N) is 1. The van der Waals surface area contributed by atoms with Crippen molar-refractivity contribution in [1.82, 2.24) is 0 Å². The van der Waals surface area contributed by atoms with Gasteiger partial charge in [-0.15, -0.1) is 11.8 Å². The lowest BCUT2D eigenvalue weighted by Gasteiger charge is -2.06. The van der Waals surface area contributed by atoms with E-state index in [2.05, 4.69) is 5.32 Å². The van der Waals surface area contributed by atoms with Crippen molar-refractivity contribution in [2.24, 2.45) is 0 Å². The number of fused-ring (bicyclic) bond motifs is 1. The Bertz CT molecular complexity index is 490. The Morgan fingerprint density at radius 2 is 2.18 bits per heavy atom. The zero-order valence-corrected chi connectivity index (χ0v) is 10.7. The first kappa shape index (κ1) is 12.4. The average molecular weight is 272 g/mol. The van der Waals surface area contributed by atoms with Crippen molar-refractivity contribution in [2.45, 2.75) is 4.90 Å². The fourth-order valence-electron chi connectivity index (χ4n) is 1.49. The summed E-state index contributed by atoms with van der Waals surface area (Å²) >= 11 is 7.57. The van der Waals surface area contributed by atoms with E-state index in [0.29, 0.717) is 22.9 Å². The van der Waals surface area contributed by atoms with Crippen LogP contribution in [0.3, 0.4) is 0 Å². The standard InChI is InChI=1S/C11H10ClNO3S/c1-16-2-3-17-9-5-8-6(4-7(9)12)10(14)11(15)13-8/h4-5H,2-3H2,1H3,(H,13,14,15). The van der Waals surface area contributed by atoms with Crippen LogP contribution in [0.25, 0.3) is 0 Å². The Hall–Kier alpha value is -1.04. The molecule has 4 nitrogen and oxygen atoms in total. The fraction of sp³-hybridized carbons (Fsp3) is 0.273. The normalized spacial score (nSPS) is 13.8. The maximum Gasteiger partial charge on any atom is 0.296 e. The smallest absolute Gasteiger partial charge is 0.296 e. The first-order valence-electron chi connectivity index (χ1n) is 4.94. The Kier molecular flexibility index (Phi) is 3.71. The molecule has 2 rings (SSSR count). The Labute approximate surface area is 108 Å². The van der Waals surface area contributed by atoms with E-state index in [9.17, 15) is 9.59 Å². The lowest BCUT2D eigenvalue weighted by Crippen LogP contribution is -2.12. The maximum atomic E-state index is 11.4. The molecule has 0 unspecified atom stereocenters. The number of methoxy groups -OCH3 is 1. The van der Waals surface area contributed by atoms with Crippen LogP contribution in [0.2, 0.25) is 5.02 Å². The van der Waals surface area contributed by atoms with E-state index in [-0.39, 0.29) is 0 Å². The first-order chi connectivity index (χ1) is 8.13.